The molecule has 3 rings (SSSR count). The standard InChI is InChI=1S/C22H24Si/c1-17-10-11-20(16-22(17)19-8-6-5-7-9-19)18-12-14-21(15-13-18)23(2,3)4/h5-16H,1-4H3. The molecular weight excluding hydrogens is 292 g/mol. The minimum atomic E-state index is -1.23. The second-order valence-electron chi connectivity index (χ2n) is 7.22. The molecule has 1 heteroatoms. The smallest absolute Gasteiger partial charge is 0.0656 e. The predicted octanol–water partition coefficient (Wildman–Crippen LogP) is 5.87. The molecule has 0 atom stereocenters. The van der Waals surface area contributed by atoms with Crippen molar-refractivity contribution in [3.63, 3.8) is 0 Å². The predicted molar refractivity (Wildman–Crippen MR) is 105 cm³/mol. The summed E-state index contributed by atoms with van der Waals surface area (Å²) in [6.45, 7) is 9.35. The summed E-state index contributed by atoms with van der Waals surface area (Å²) in [7, 11) is -1.23. The summed E-state index contributed by atoms with van der Waals surface area (Å²) < 4.78 is 0. The number of hydrogen-bond donors (Lipinski definition) is 0. The largest absolute Gasteiger partial charge is 0.0775 e. The highest BCUT2D eigenvalue weighted by Crippen LogP contribution is 2.29. The summed E-state index contributed by atoms with van der Waals surface area (Å²) in [5.74, 6) is 0. The molecule has 23 heavy (non-hydrogen) atoms. The molecule has 3 aromatic carbocycles. The molecule has 0 saturated heterocycles. The molecule has 0 amide bonds. The van der Waals surface area contributed by atoms with Crippen molar-refractivity contribution in [3.8, 4) is 22.3 Å². The molecule has 0 bridgehead atoms. The van der Waals surface area contributed by atoms with Gasteiger partial charge in [0.2, 0.25) is 0 Å². The van der Waals surface area contributed by atoms with Crippen LogP contribution in [-0.2, 0) is 0 Å². The first kappa shape index (κ1) is 15.8. The lowest BCUT2D eigenvalue weighted by atomic mass is 9.95. The van der Waals surface area contributed by atoms with Crippen LogP contribution in [0.2, 0.25) is 19.6 Å². The van der Waals surface area contributed by atoms with Gasteiger partial charge in [-0.05, 0) is 40.8 Å². The average molecular weight is 317 g/mol. The zero-order chi connectivity index (χ0) is 16.4. The first-order chi connectivity index (χ1) is 10.9. The van der Waals surface area contributed by atoms with Crippen molar-refractivity contribution in [1.29, 1.82) is 0 Å². The zero-order valence-electron chi connectivity index (χ0n) is 14.4. The number of hydrogen-bond acceptors (Lipinski definition) is 0. The lowest BCUT2D eigenvalue weighted by molar-refractivity contribution is 1.45. The third-order valence-electron chi connectivity index (χ3n) is 4.41. The average Bonchev–Trinajstić information content (AvgIpc) is 2.55. The van der Waals surface area contributed by atoms with Crippen molar-refractivity contribution < 1.29 is 0 Å². The van der Waals surface area contributed by atoms with E-state index in [1.165, 1.54) is 33.0 Å². The molecule has 0 nitrogen and oxygen atoms in total. The molecule has 0 spiro atoms. The SMILES string of the molecule is Cc1ccc(-c2ccc([Si](C)(C)C)cc2)cc1-c1ccccc1. The van der Waals surface area contributed by atoms with E-state index in [0.29, 0.717) is 0 Å². The molecule has 0 radical (unpaired) electrons. The van der Waals surface area contributed by atoms with E-state index in [9.17, 15) is 0 Å². The molecule has 0 aliphatic heterocycles. The van der Waals surface area contributed by atoms with Crippen LogP contribution < -0.4 is 5.19 Å². The van der Waals surface area contributed by atoms with Crippen LogP contribution in [0, 0.1) is 6.92 Å². The van der Waals surface area contributed by atoms with Gasteiger partial charge in [-0.15, -0.1) is 0 Å². The van der Waals surface area contributed by atoms with Gasteiger partial charge in [-0.3, -0.25) is 0 Å². The Balaban J connectivity index is 2.01. The summed E-state index contributed by atoms with van der Waals surface area (Å²) in [5.41, 5.74) is 6.50. The highest BCUT2D eigenvalue weighted by Gasteiger charge is 2.15. The van der Waals surface area contributed by atoms with Crippen LogP contribution in [0.3, 0.4) is 0 Å². The van der Waals surface area contributed by atoms with Crippen LogP contribution in [0.15, 0.2) is 72.8 Å². The fourth-order valence-electron chi connectivity index (χ4n) is 2.89. The lowest BCUT2D eigenvalue weighted by Crippen LogP contribution is -2.37. The van der Waals surface area contributed by atoms with Gasteiger partial charge in [0.05, 0.1) is 8.07 Å². The van der Waals surface area contributed by atoms with Crippen LogP contribution in [-0.4, -0.2) is 8.07 Å². The summed E-state index contributed by atoms with van der Waals surface area (Å²) in [6.07, 6.45) is 0. The molecule has 3 aromatic rings. The van der Waals surface area contributed by atoms with E-state index < -0.39 is 8.07 Å². The van der Waals surface area contributed by atoms with Crippen LogP contribution in [0.4, 0.5) is 0 Å². The van der Waals surface area contributed by atoms with Gasteiger partial charge < -0.3 is 0 Å². The van der Waals surface area contributed by atoms with Gasteiger partial charge in [0.15, 0.2) is 0 Å². The van der Waals surface area contributed by atoms with E-state index >= 15 is 0 Å². The van der Waals surface area contributed by atoms with E-state index in [0.717, 1.165) is 0 Å². The summed E-state index contributed by atoms with van der Waals surface area (Å²) in [6, 6.07) is 26.6. The first-order valence-electron chi connectivity index (χ1n) is 8.22. The fraction of sp³-hybridized carbons (Fsp3) is 0.182. The van der Waals surface area contributed by atoms with Crippen LogP contribution in [0.5, 0.6) is 0 Å². The van der Waals surface area contributed by atoms with Gasteiger partial charge in [0.1, 0.15) is 0 Å². The summed E-state index contributed by atoms with van der Waals surface area (Å²) >= 11 is 0. The van der Waals surface area contributed by atoms with Gasteiger partial charge in [-0.2, -0.15) is 0 Å². The Labute approximate surface area is 140 Å². The van der Waals surface area contributed by atoms with Gasteiger partial charge in [-0.25, -0.2) is 0 Å². The minimum Gasteiger partial charge on any atom is -0.0656 e. The highest BCUT2D eigenvalue weighted by atomic mass is 28.3. The van der Waals surface area contributed by atoms with Crippen LogP contribution in [0.25, 0.3) is 22.3 Å². The number of rotatable bonds is 3. The zero-order valence-corrected chi connectivity index (χ0v) is 15.4. The van der Waals surface area contributed by atoms with Crippen molar-refractivity contribution in [1.82, 2.24) is 0 Å². The molecule has 0 N–H and O–H groups in total. The molecule has 0 unspecified atom stereocenters. The van der Waals surface area contributed by atoms with Crippen molar-refractivity contribution in [2.24, 2.45) is 0 Å². The molecule has 0 aromatic heterocycles. The van der Waals surface area contributed by atoms with Gasteiger partial charge in [0, 0.05) is 0 Å². The van der Waals surface area contributed by atoms with E-state index in [-0.39, 0.29) is 0 Å². The molecule has 0 fully saturated rings. The monoisotopic (exact) mass is 316 g/mol. The molecule has 116 valence electrons. The van der Waals surface area contributed by atoms with Crippen LogP contribution in [0.1, 0.15) is 5.56 Å². The minimum absolute atomic E-state index is 1.23. The van der Waals surface area contributed by atoms with E-state index in [4.69, 9.17) is 0 Å². The Hall–Kier alpha value is -2.12. The summed E-state index contributed by atoms with van der Waals surface area (Å²) in [4.78, 5) is 0. The third-order valence-corrected chi connectivity index (χ3v) is 6.47. The topological polar surface area (TPSA) is 0 Å². The van der Waals surface area contributed by atoms with Gasteiger partial charge in [-0.1, -0.05) is 91.6 Å². The Morgan fingerprint density at radius 2 is 1.22 bits per heavy atom. The summed E-state index contributed by atoms with van der Waals surface area (Å²) in [5, 5.41) is 1.51. The van der Waals surface area contributed by atoms with E-state index in [2.05, 4.69) is 99.4 Å². The maximum Gasteiger partial charge on any atom is 0.0775 e. The van der Waals surface area contributed by atoms with E-state index in [1.807, 2.05) is 0 Å². The van der Waals surface area contributed by atoms with Gasteiger partial charge >= 0.3 is 0 Å². The third kappa shape index (κ3) is 3.46. The molecular formula is C22H24Si. The highest BCUT2D eigenvalue weighted by molar-refractivity contribution is 6.88. The lowest BCUT2D eigenvalue weighted by Gasteiger charge is -2.17. The Morgan fingerprint density at radius 1 is 0.609 bits per heavy atom. The van der Waals surface area contributed by atoms with Crippen molar-refractivity contribution in [2.45, 2.75) is 26.6 Å². The van der Waals surface area contributed by atoms with Crippen molar-refractivity contribution >= 4 is 13.3 Å². The maximum absolute atomic E-state index is 2.39. The first-order valence-corrected chi connectivity index (χ1v) is 11.7. The second kappa shape index (κ2) is 6.17. The Morgan fingerprint density at radius 3 is 1.83 bits per heavy atom. The molecule has 0 heterocycles. The quantitative estimate of drug-likeness (QED) is 0.530. The van der Waals surface area contributed by atoms with Crippen LogP contribution >= 0.6 is 0 Å². The normalized spacial score (nSPS) is 11.5. The van der Waals surface area contributed by atoms with Crippen molar-refractivity contribution in [2.75, 3.05) is 0 Å². The maximum atomic E-state index is 2.39. The Bertz CT molecular complexity index is 794. The Kier molecular flexibility index (Phi) is 4.23. The number of aryl methyl sites for hydroxylation is 1. The van der Waals surface area contributed by atoms with Gasteiger partial charge in [0.25, 0.3) is 0 Å². The van der Waals surface area contributed by atoms with Crippen molar-refractivity contribution in [3.05, 3.63) is 78.4 Å². The fourth-order valence-corrected chi connectivity index (χ4v) is 4.06. The number of benzene rings is 3. The second-order valence-corrected chi connectivity index (χ2v) is 12.3. The van der Waals surface area contributed by atoms with E-state index in [1.54, 1.807) is 0 Å². The molecule has 0 saturated carbocycles. The molecule has 0 aliphatic rings. The molecule has 0 aliphatic carbocycles.